The Kier molecular flexibility index (Phi) is 7.52. The Morgan fingerprint density at radius 2 is 1.96 bits per heavy atom. The number of hydrogen-bond donors (Lipinski definition) is 1. The lowest BCUT2D eigenvalue weighted by Gasteiger charge is -2.28. The minimum Gasteiger partial charge on any atom is -0.338 e. The molecule has 1 atom stereocenters. The number of carbonyl (C=O) groups excluding carboxylic acids is 2. The third-order valence-corrected chi connectivity index (χ3v) is 7.01. The van der Waals surface area contributed by atoms with Crippen molar-refractivity contribution >= 4 is 39.1 Å². The molecule has 0 saturated carbocycles. The lowest BCUT2D eigenvalue weighted by molar-refractivity contribution is -0.130. The Bertz CT molecular complexity index is 732. The lowest BCUT2D eigenvalue weighted by Crippen LogP contribution is -2.42. The maximum Gasteiger partial charge on any atom is 0.233 e. The summed E-state index contributed by atoms with van der Waals surface area (Å²) in [5, 5.41) is 2.70. The summed E-state index contributed by atoms with van der Waals surface area (Å²) in [4.78, 5) is 26.4. The van der Waals surface area contributed by atoms with Crippen LogP contribution in [0.25, 0.3) is 0 Å². The van der Waals surface area contributed by atoms with Crippen LogP contribution in [0, 0.1) is 0 Å². The quantitative estimate of drug-likeness (QED) is 0.681. The van der Waals surface area contributed by atoms with Gasteiger partial charge in [-0.3, -0.25) is 9.59 Å². The molecule has 144 valence electrons. The topological polar surface area (TPSA) is 83.6 Å². The molecule has 1 aromatic rings. The van der Waals surface area contributed by atoms with Crippen molar-refractivity contribution in [1.29, 1.82) is 0 Å². The molecular formula is C18H26N2O4S2. The number of benzene rings is 1. The first-order valence-corrected chi connectivity index (χ1v) is 11.6. The van der Waals surface area contributed by atoms with E-state index in [1.54, 1.807) is 17.0 Å². The van der Waals surface area contributed by atoms with Gasteiger partial charge in [-0.15, -0.1) is 11.8 Å². The molecule has 2 rings (SSSR count). The molecule has 0 aliphatic carbocycles. The van der Waals surface area contributed by atoms with Crippen LogP contribution in [0.1, 0.15) is 33.1 Å². The third kappa shape index (κ3) is 6.32. The molecule has 8 heteroatoms. The Balaban J connectivity index is 1.95. The number of carbonyl (C=O) groups is 2. The van der Waals surface area contributed by atoms with Crippen molar-refractivity contribution in [3.8, 4) is 0 Å². The molecule has 2 amide bonds. The second-order valence-electron chi connectivity index (χ2n) is 6.49. The highest BCUT2D eigenvalue weighted by molar-refractivity contribution is 8.00. The molecule has 0 unspecified atom stereocenters. The molecule has 1 fully saturated rings. The molecule has 1 N–H and O–H groups in total. The number of thioether (sulfide) groups is 1. The third-order valence-electron chi connectivity index (χ3n) is 4.26. The molecule has 0 aromatic heterocycles. The molecule has 0 spiro atoms. The number of nitrogens with one attached hydrogen (secondary N) is 1. The largest absolute Gasteiger partial charge is 0.338 e. The standard InChI is InChI=1S/C18H26N2O4S2/c1-3-4-10-20(16-9-11-26(23,24)13-16)18(22)12-25-17-7-5-15(6-8-17)19-14(2)21/h5-8,16H,3-4,9-13H2,1-2H3,(H,19,21)/t16-/m1/s1. The van der Waals surface area contributed by atoms with Gasteiger partial charge in [-0.2, -0.15) is 0 Å². The normalized spacial score (nSPS) is 18.5. The van der Waals surface area contributed by atoms with E-state index in [0.29, 0.717) is 18.7 Å². The molecule has 1 aliphatic rings. The van der Waals surface area contributed by atoms with Gasteiger partial charge in [0.1, 0.15) is 0 Å². The van der Waals surface area contributed by atoms with Crippen molar-refractivity contribution in [2.45, 2.75) is 44.0 Å². The van der Waals surface area contributed by atoms with Crippen LogP contribution in [0.3, 0.4) is 0 Å². The summed E-state index contributed by atoms with van der Waals surface area (Å²) in [6, 6.07) is 7.13. The van der Waals surface area contributed by atoms with E-state index in [2.05, 4.69) is 12.2 Å². The molecule has 0 radical (unpaired) electrons. The van der Waals surface area contributed by atoms with Crippen LogP contribution in [-0.2, 0) is 19.4 Å². The van der Waals surface area contributed by atoms with Crippen LogP contribution < -0.4 is 5.32 Å². The minimum absolute atomic E-state index is 0.0171. The predicted molar refractivity (Wildman–Crippen MR) is 105 cm³/mol. The fourth-order valence-corrected chi connectivity index (χ4v) is 5.44. The number of unbranched alkanes of at least 4 members (excludes halogenated alkanes) is 1. The second kappa shape index (κ2) is 9.41. The Labute approximate surface area is 159 Å². The molecule has 0 bridgehead atoms. The number of hydrogen-bond acceptors (Lipinski definition) is 5. The van der Waals surface area contributed by atoms with E-state index >= 15 is 0 Å². The van der Waals surface area contributed by atoms with Gasteiger partial charge in [0.15, 0.2) is 9.84 Å². The predicted octanol–water partition coefficient (Wildman–Crippen LogP) is 2.55. The zero-order chi connectivity index (χ0) is 19.2. The van der Waals surface area contributed by atoms with E-state index in [-0.39, 0.29) is 35.1 Å². The average molecular weight is 399 g/mol. The van der Waals surface area contributed by atoms with Crippen molar-refractivity contribution in [2.24, 2.45) is 0 Å². The minimum atomic E-state index is -3.02. The van der Waals surface area contributed by atoms with Gasteiger partial charge in [-0.05, 0) is 37.1 Å². The molecule has 1 aromatic carbocycles. The van der Waals surface area contributed by atoms with Gasteiger partial charge < -0.3 is 10.2 Å². The smallest absolute Gasteiger partial charge is 0.233 e. The average Bonchev–Trinajstić information content (AvgIpc) is 2.94. The summed E-state index contributed by atoms with van der Waals surface area (Å²) in [6.45, 7) is 4.12. The first-order chi connectivity index (χ1) is 12.3. The van der Waals surface area contributed by atoms with Crippen LogP contribution in [0.2, 0.25) is 0 Å². The number of sulfone groups is 1. The maximum atomic E-state index is 12.7. The van der Waals surface area contributed by atoms with E-state index in [0.717, 1.165) is 17.7 Å². The van der Waals surface area contributed by atoms with Crippen molar-refractivity contribution < 1.29 is 18.0 Å². The fourth-order valence-electron chi connectivity index (χ4n) is 2.93. The van der Waals surface area contributed by atoms with Crippen molar-refractivity contribution in [3.63, 3.8) is 0 Å². The number of anilines is 1. The van der Waals surface area contributed by atoms with Gasteiger partial charge in [0.05, 0.1) is 17.3 Å². The van der Waals surface area contributed by atoms with Gasteiger partial charge in [0.25, 0.3) is 0 Å². The van der Waals surface area contributed by atoms with E-state index in [9.17, 15) is 18.0 Å². The van der Waals surface area contributed by atoms with Crippen LogP contribution in [-0.4, -0.2) is 55.0 Å². The highest BCUT2D eigenvalue weighted by atomic mass is 32.2. The molecular weight excluding hydrogens is 372 g/mol. The molecule has 1 aliphatic heterocycles. The summed E-state index contributed by atoms with van der Waals surface area (Å²) in [6.07, 6.45) is 2.37. The number of nitrogens with zero attached hydrogens (tertiary/aromatic N) is 1. The molecule has 26 heavy (non-hydrogen) atoms. The lowest BCUT2D eigenvalue weighted by atomic mass is 10.2. The van der Waals surface area contributed by atoms with E-state index in [1.807, 2.05) is 12.1 Å². The van der Waals surface area contributed by atoms with Crippen LogP contribution in [0.15, 0.2) is 29.2 Å². The summed E-state index contributed by atoms with van der Waals surface area (Å²) in [5.74, 6) is 0.388. The zero-order valence-corrected chi connectivity index (χ0v) is 16.9. The first-order valence-electron chi connectivity index (χ1n) is 8.81. The maximum absolute atomic E-state index is 12.7. The van der Waals surface area contributed by atoms with E-state index in [4.69, 9.17) is 0 Å². The Hall–Kier alpha value is -1.54. The van der Waals surface area contributed by atoms with Crippen LogP contribution in [0.4, 0.5) is 5.69 Å². The van der Waals surface area contributed by atoms with Crippen molar-refractivity contribution in [2.75, 3.05) is 29.1 Å². The highest BCUT2D eigenvalue weighted by Crippen LogP contribution is 2.23. The van der Waals surface area contributed by atoms with Gasteiger partial charge in [0.2, 0.25) is 11.8 Å². The summed E-state index contributed by atoms with van der Waals surface area (Å²) < 4.78 is 23.5. The van der Waals surface area contributed by atoms with Crippen molar-refractivity contribution in [1.82, 2.24) is 4.90 Å². The van der Waals surface area contributed by atoms with Crippen molar-refractivity contribution in [3.05, 3.63) is 24.3 Å². The monoisotopic (exact) mass is 398 g/mol. The molecule has 1 heterocycles. The van der Waals surface area contributed by atoms with E-state index < -0.39 is 9.84 Å². The fraction of sp³-hybridized carbons (Fsp3) is 0.556. The van der Waals surface area contributed by atoms with Crippen LogP contribution in [0.5, 0.6) is 0 Å². The SMILES string of the molecule is CCCCN(C(=O)CSc1ccc(NC(C)=O)cc1)[C@@H]1CCS(=O)(=O)C1. The van der Waals surface area contributed by atoms with Crippen LogP contribution >= 0.6 is 11.8 Å². The Morgan fingerprint density at radius 3 is 2.50 bits per heavy atom. The summed E-state index contributed by atoms with van der Waals surface area (Å²) >= 11 is 1.42. The molecule has 1 saturated heterocycles. The number of rotatable bonds is 8. The van der Waals surface area contributed by atoms with Gasteiger partial charge in [-0.1, -0.05) is 13.3 Å². The van der Waals surface area contributed by atoms with E-state index in [1.165, 1.54) is 18.7 Å². The molecule has 6 nitrogen and oxygen atoms in total. The summed E-state index contributed by atoms with van der Waals surface area (Å²) in [7, 11) is -3.02. The Morgan fingerprint density at radius 1 is 1.27 bits per heavy atom. The first kappa shape index (κ1) is 20.8. The zero-order valence-electron chi connectivity index (χ0n) is 15.2. The second-order valence-corrected chi connectivity index (χ2v) is 9.77. The van der Waals surface area contributed by atoms with Gasteiger partial charge >= 0.3 is 0 Å². The van der Waals surface area contributed by atoms with Gasteiger partial charge in [0, 0.05) is 30.1 Å². The highest BCUT2D eigenvalue weighted by Gasteiger charge is 2.34. The number of amides is 2. The van der Waals surface area contributed by atoms with Gasteiger partial charge in [-0.25, -0.2) is 8.42 Å². The summed E-state index contributed by atoms with van der Waals surface area (Å²) in [5.41, 5.74) is 0.717.